The van der Waals surface area contributed by atoms with Crippen LogP contribution in [0.15, 0.2) is 121 Å². The summed E-state index contributed by atoms with van der Waals surface area (Å²) < 4.78 is 109. The number of aliphatic hydroxyl groups excluding tert-OH is 2. The van der Waals surface area contributed by atoms with E-state index < -0.39 is 65.5 Å². The van der Waals surface area contributed by atoms with Gasteiger partial charge in [0, 0.05) is 23.2 Å². The van der Waals surface area contributed by atoms with Gasteiger partial charge in [0.25, 0.3) is 0 Å². The highest BCUT2D eigenvalue weighted by Gasteiger charge is 2.35. The van der Waals surface area contributed by atoms with Gasteiger partial charge in [0.15, 0.2) is 0 Å². The maximum Gasteiger partial charge on any atom is 0.416 e. The van der Waals surface area contributed by atoms with Gasteiger partial charge in [0.05, 0.1) is 24.3 Å². The predicted molar refractivity (Wildman–Crippen MR) is 257 cm³/mol. The molecule has 7 N–H and O–H groups in total. The van der Waals surface area contributed by atoms with Crippen LogP contribution < -0.4 is 11.1 Å². The lowest BCUT2D eigenvalue weighted by atomic mass is 9.95. The van der Waals surface area contributed by atoms with Crippen LogP contribution >= 0.6 is 0 Å². The number of carboxylic acids is 2. The summed E-state index contributed by atoms with van der Waals surface area (Å²) >= 11 is 0. The monoisotopic (exact) mass is 990 g/mol. The topological polar surface area (TPSA) is 170 Å². The van der Waals surface area contributed by atoms with E-state index in [1.54, 1.807) is 92.7 Å². The smallest absolute Gasteiger partial charge is 0.416 e. The molecule has 0 heterocycles. The van der Waals surface area contributed by atoms with E-state index >= 15 is 0 Å². The molecule has 0 amide bonds. The quantitative estimate of drug-likeness (QED) is 0.0353. The fraction of sp³-hybridized carbons (Fsp3) is 0.204. The molecule has 2 atom stereocenters. The number of aliphatic hydroxyl groups is 2. The number of nitrogens with one attached hydrogen (secondary N) is 1. The van der Waals surface area contributed by atoms with Gasteiger partial charge >= 0.3 is 24.3 Å². The Bertz CT molecular complexity index is 2910. The number of halogens is 8. The highest BCUT2D eigenvalue weighted by atomic mass is 19.4. The number of carboxylic acid groups (broad SMARTS) is 2. The highest BCUT2D eigenvalue weighted by Crippen LogP contribution is 2.36. The maximum absolute atomic E-state index is 14.3. The molecule has 0 saturated carbocycles. The lowest BCUT2D eigenvalue weighted by Crippen LogP contribution is -2.52. The molecule has 17 heteroatoms. The number of nitrogens with two attached hydrogens (primary N) is 1. The van der Waals surface area contributed by atoms with Gasteiger partial charge in [-0.1, -0.05) is 109 Å². The van der Waals surface area contributed by atoms with Gasteiger partial charge in [-0.3, -0.25) is 19.7 Å². The van der Waals surface area contributed by atoms with Crippen LogP contribution in [0.25, 0.3) is 46.6 Å². The Balaban J connectivity index is 0.000000272. The fourth-order valence-corrected chi connectivity index (χ4v) is 6.70. The molecule has 71 heavy (non-hydrogen) atoms. The molecule has 6 rings (SSSR count). The van der Waals surface area contributed by atoms with Crippen molar-refractivity contribution in [1.82, 2.24) is 5.32 Å². The average molecular weight is 991 g/mol. The molecule has 0 aliphatic carbocycles. The molecule has 0 aliphatic heterocycles. The Morgan fingerprint density at radius 1 is 0.563 bits per heavy atom. The molecule has 0 spiro atoms. The number of carbonyl (C=O) groups is 3. The van der Waals surface area contributed by atoms with Crippen molar-refractivity contribution in [2.75, 3.05) is 13.2 Å². The Morgan fingerprint density at radius 2 is 0.986 bits per heavy atom. The fourth-order valence-electron chi connectivity index (χ4n) is 6.70. The summed E-state index contributed by atoms with van der Waals surface area (Å²) in [6, 6.07) is 29.8. The van der Waals surface area contributed by atoms with Crippen LogP contribution in [0, 0.1) is 25.5 Å². The van der Waals surface area contributed by atoms with Gasteiger partial charge in [-0.05, 0) is 114 Å². The first-order valence-corrected chi connectivity index (χ1v) is 21.4. The Kier molecular flexibility index (Phi) is 19.0. The minimum absolute atomic E-state index is 0.0653. The molecule has 0 aromatic heterocycles. The summed E-state index contributed by atoms with van der Waals surface area (Å²) in [5, 5.41) is 37.7. The van der Waals surface area contributed by atoms with E-state index in [1.807, 2.05) is 0 Å². The van der Waals surface area contributed by atoms with Crippen LogP contribution in [0.4, 0.5) is 35.1 Å². The van der Waals surface area contributed by atoms with E-state index in [2.05, 4.69) is 5.32 Å². The number of aliphatic carboxylic acids is 2. The molecule has 0 aliphatic rings. The third kappa shape index (κ3) is 14.9. The van der Waals surface area contributed by atoms with E-state index in [0.717, 1.165) is 23.8 Å². The Morgan fingerprint density at radius 3 is 1.37 bits per heavy atom. The first-order valence-electron chi connectivity index (χ1n) is 21.4. The summed E-state index contributed by atoms with van der Waals surface area (Å²) in [7, 11) is 0. The number of carbonyl (C=O) groups excluding carboxylic acids is 1. The van der Waals surface area contributed by atoms with Gasteiger partial charge in [-0.25, -0.2) is 8.78 Å². The van der Waals surface area contributed by atoms with Crippen molar-refractivity contribution in [3.63, 3.8) is 0 Å². The molecular formula is C54H50F8N2O7. The van der Waals surface area contributed by atoms with Crippen molar-refractivity contribution in [2.45, 2.75) is 57.7 Å². The number of benzene rings is 6. The van der Waals surface area contributed by atoms with Gasteiger partial charge in [0.1, 0.15) is 29.0 Å². The summed E-state index contributed by atoms with van der Waals surface area (Å²) in [5.41, 5.74) is 5.44. The first kappa shape index (κ1) is 56.3. The standard InChI is InChI=1S/C27H25F4NO3.C23H16F4O.C4H9NO3/c1-17-19(6-5-8-21(17)22-7-3-4-9-24(22)28)11-12-20-14-18(10-13-23(20)27(29,30)31)15-32-26(2,16-33)25(34)35;1-15-17(5-4-7-19(15)20-6-2-3-8-22(20)24)10-11-18-13-16(14-28)9-12-21(18)23(25,26)27;1-4(5,2-6)3(7)8/h3-14,32-33H,15-16H2,1-2H3,(H,34,35);2-14H,1H3;6H,2,5H2,1H3,(H,7,8)/b12-11+;11-10+;. The largest absolute Gasteiger partial charge is 0.480 e. The van der Waals surface area contributed by atoms with Crippen LogP contribution in [0.1, 0.15) is 74.3 Å². The zero-order valence-corrected chi connectivity index (χ0v) is 38.7. The molecule has 2 unspecified atom stereocenters. The zero-order valence-electron chi connectivity index (χ0n) is 38.7. The van der Waals surface area contributed by atoms with Gasteiger partial charge in [0.2, 0.25) is 0 Å². The predicted octanol–water partition coefficient (Wildman–Crippen LogP) is 11.5. The van der Waals surface area contributed by atoms with Crippen molar-refractivity contribution < 1.29 is 69.9 Å². The Labute approximate surface area is 404 Å². The average Bonchev–Trinajstić information content (AvgIpc) is 3.32. The lowest BCUT2D eigenvalue weighted by molar-refractivity contribution is -0.146. The molecule has 6 aromatic rings. The van der Waals surface area contributed by atoms with Crippen LogP contribution in [0.2, 0.25) is 0 Å². The molecule has 374 valence electrons. The third-order valence-electron chi connectivity index (χ3n) is 11.2. The number of hydrogen-bond acceptors (Lipinski definition) is 7. The third-order valence-corrected chi connectivity index (χ3v) is 11.2. The van der Waals surface area contributed by atoms with E-state index in [9.17, 15) is 59.7 Å². The summed E-state index contributed by atoms with van der Waals surface area (Å²) in [6.45, 7) is 4.79. The SMILES string of the molecule is CC(N)(CO)C(=O)O.Cc1c(/C=C/c2cc(C=O)ccc2C(F)(F)F)cccc1-c1ccccc1F.Cc1c(/C=C/c2cc(CNC(C)(CO)C(=O)O)ccc2C(F)(F)F)cccc1-c1ccccc1F. The minimum Gasteiger partial charge on any atom is -0.480 e. The van der Waals surface area contributed by atoms with E-state index in [0.29, 0.717) is 50.8 Å². The first-order chi connectivity index (χ1) is 33.3. The summed E-state index contributed by atoms with van der Waals surface area (Å²) in [4.78, 5) is 32.3. The normalized spacial score (nSPS) is 13.3. The van der Waals surface area contributed by atoms with Crippen molar-refractivity contribution in [3.05, 3.63) is 189 Å². The van der Waals surface area contributed by atoms with Crippen molar-refractivity contribution >= 4 is 42.5 Å². The summed E-state index contributed by atoms with van der Waals surface area (Å²) in [5.74, 6) is -3.24. The second-order valence-electron chi connectivity index (χ2n) is 16.6. The zero-order chi connectivity index (χ0) is 52.9. The number of rotatable bonds is 14. The van der Waals surface area contributed by atoms with Crippen LogP contribution in [-0.4, -0.2) is 62.9 Å². The molecule has 0 radical (unpaired) electrons. The highest BCUT2D eigenvalue weighted by molar-refractivity contribution is 5.82. The van der Waals surface area contributed by atoms with E-state index in [-0.39, 0.29) is 29.1 Å². The lowest BCUT2D eigenvalue weighted by Gasteiger charge is -2.24. The van der Waals surface area contributed by atoms with Crippen molar-refractivity contribution in [3.8, 4) is 22.3 Å². The second kappa shape index (κ2) is 24.0. The Hall–Kier alpha value is -7.31. The van der Waals surface area contributed by atoms with Crippen molar-refractivity contribution in [1.29, 1.82) is 0 Å². The van der Waals surface area contributed by atoms with Crippen molar-refractivity contribution in [2.24, 2.45) is 5.73 Å². The maximum atomic E-state index is 14.3. The van der Waals surface area contributed by atoms with Gasteiger partial charge in [-0.15, -0.1) is 0 Å². The molecule has 9 nitrogen and oxygen atoms in total. The molecule has 0 fully saturated rings. The molecule has 6 aromatic carbocycles. The van der Waals surface area contributed by atoms with Gasteiger partial charge < -0.3 is 26.2 Å². The molecular weight excluding hydrogens is 941 g/mol. The second-order valence-corrected chi connectivity index (χ2v) is 16.6. The number of aldehydes is 1. The van der Waals surface area contributed by atoms with E-state index in [4.69, 9.17) is 15.9 Å². The van der Waals surface area contributed by atoms with Crippen LogP contribution in [-0.2, 0) is 28.5 Å². The number of alkyl halides is 6. The van der Waals surface area contributed by atoms with Gasteiger partial charge in [-0.2, -0.15) is 26.3 Å². The van der Waals surface area contributed by atoms with E-state index in [1.165, 1.54) is 62.4 Å². The molecule has 0 saturated heterocycles. The minimum atomic E-state index is -4.60. The number of hydrogen-bond donors (Lipinski definition) is 6. The summed E-state index contributed by atoms with van der Waals surface area (Å²) in [6.07, 6.45) is -2.90. The van der Waals surface area contributed by atoms with Crippen LogP contribution in [0.5, 0.6) is 0 Å². The molecule has 0 bridgehead atoms. The van der Waals surface area contributed by atoms with Crippen LogP contribution in [0.3, 0.4) is 0 Å².